The zero-order valence-electron chi connectivity index (χ0n) is 12.0. The Balaban J connectivity index is 2.69. The summed E-state index contributed by atoms with van der Waals surface area (Å²) in [5.74, 6) is -0.669. The number of nitrogens with zero attached hydrogens (tertiary/aromatic N) is 1. The van der Waals surface area contributed by atoms with Crippen molar-refractivity contribution in [2.45, 2.75) is 64.5 Å². The Hall–Kier alpha value is -0.610. The van der Waals surface area contributed by atoms with Crippen LogP contribution in [-0.2, 0) is 4.79 Å². The Morgan fingerprint density at radius 3 is 2.50 bits per heavy atom. The first kappa shape index (κ1) is 15.4. The number of hydrogen-bond donors (Lipinski definition) is 2. The van der Waals surface area contributed by atoms with Crippen LogP contribution in [-0.4, -0.2) is 40.6 Å². The van der Waals surface area contributed by atoms with E-state index < -0.39 is 11.5 Å². The van der Waals surface area contributed by atoms with Crippen molar-refractivity contribution in [1.29, 1.82) is 0 Å². The zero-order valence-corrected chi connectivity index (χ0v) is 12.0. The average Bonchev–Trinajstić information content (AvgIpc) is 3.17. The minimum Gasteiger partial charge on any atom is -0.480 e. The van der Waals surface area contributed by atoms with Gasteiger partial charge in [0.2, 0.25) is 0 Å². The molecule has 106 valence electrons. The average molecular weight is 256 g/mol. The largest absolute Gasteiger partial charge is 0.480 e. The zero-order chi connectivity index (χ0) is 13.8. The molecule has 1 fully saturated rings. The number of carbonyl (C=O) groups is 1. The summed E-state index contributed by atoms with van der Waals surface area (Å²) in [6.07, 6.45) is 5.19. The van der Waals surface area contributed by atoms with Gasteiger partial charge in [-0.15, -0.1) is 0 Å². The molecule has 18 heavy (non-hydrogen) atoms. The molecule has 0 amide bonds. The normalized spacial score (nSPS) is 20.7. The smallest absolute Gasteiger partial charge is 0.325 e. The summed E-state index contributed by atoms with van der Waals surface area (Å²) >= 11 is 0. The van der Waals surface area contributed by atoms with Gasteiger partial charge in [0, 0.05) is 12.6 Å². The first-order chi connectivity index (χ1) is 8.45. The van der Waals surface area contributed by atoms with Crippen molar-refractivity contribution in [3.8, 4) is 0 Å². The van der Waals surface area contributed by atoms with Crippen LogP contribution in [0, 0.1) is 5.92 Å². The number of carboxylic acid groups (broad SMARTS) is 1. The maximum atomic E-state index is 11.5. The van der Waals surface area contributed by atoms with Crippen LogP contribution >= 0.6 is 0 Å². The molecular weight excluding hydrogens is 228 g/mol. The minimum atomic E-state index is -1.04. The molecule has 0 aromatic carbocycles. The molecule has 2 atom stereocenters. The van der Waals surface area contributed by atoms with Crippen LogP contribution in [0.2, 0.25) is 0 Å². The SMILES string of the molecule is CCCCN(CC(N)(C(=O)O)C1CC1)C(C)CC. The second-order valence-electron chi connectivity index (χ2n) is 5.70. The monoisotopic (exact) mass is 256 g/mol. The predicted octanol–water partition coefficient (Wildman–Crippen LogP) is 2.08. The fourth-order valence-electron chi connectivity index (χ4n) is 2.38. The Morgan fingerprint density at radius 1 is 1.50 bits per heavy atom. The maximum absolute atomic E-state index is 11.5. The van der Waals surface area contributed by atoms with E-state index in [0.29, 0.717) is 12.6 Å². The third-order valence-corrected chi connectivity index (χ3v) is 4.18. The standard InChI is InChI=1S/C14H28N2O2/c1-4-6-9-16(11(3)5-2)10-14(15,13(17)18)12-7-8-12/h11-12H,4-10,15H2,1-3H3,(H,17,18). The Bertz CT molecular complexity index is 279. The molecule has 0 saturated heterocycles. The van der Waals surface area contributed by atoms with E-state index in [4.69, 9.17) is 5.73 Å². The van der Waals surface area contributed by atoms with Crippen molar-refractivity contribution >= 4 is 5.97 Å². The second kappa shape index (κ2) is 6.53. The molecule has 4 nitrogen and oxygen atoms in total. The molecule has 0 radical (unpaired) electrons. The van der Waals surface area contributed by atoms with Gasteiger partial charge in [0.15, 0.2) is 0 Å². The number of rotatable bonds is 9. The van der Waals surface area contributed by atoms with E-state index in [-0.39, 0.29) is 5.92 Å². The van der Waals surface area contributed by atoms with Crippen LogP contribution in [0.25, 0.3) is 0 Å². The molecule has 0 aromatic heterocycles. The molecule has 1 aliphatic carbocycles. The van der Waals surface area contributed by atoms with Crippen LogP contribution in [0.5, 0.6) is 0 Å². The van der Waals surface area contributed by atoms with Gasteiger partial charge in [0.05, 0.1) is 0 Å². The Kier molecular flexibility index (Phi) is 5.60. The molecule has 0 spiro atoms. The summed E-state index contributed by atoms with van der Waals surface area (Å²) < 4.78 is 0. The summed E-state index contributed by atoms with van der Waals surface area (Å²) in [7, 11) is 0. The first-order valence-electron chi connectivity index (χ1n) is 7.22. The van der Waals surface area contributed by atoms with Gasteiger partial charge in [0.1, 0.15) is 5.54 Å². The topological polar surface area (TPSA) is 66.6 Å². The van der Waals surface area contributed by atoms with Crippen LogP contribution in [0.4, 0.5) is 0 Å². The molecular formula is C14H28N2O2. The predicted molar refractivity (Wildman–Crippen MR) is 73.5 cm³/mol. The summed E-state index contributed by atoms with van der Waals surface area (Å²) in [6.45, 7) is 7.89. The number of nitrogens with two attached hydrogens (primary N) is 1. The van der Waals surface area contributed by atoms with Crippen molar-refractivity contribution in [3.05, 3.63) is 0 Å². The van der Waals surface area contributed by atoms with Gasteiger partial charge in [-0.3, -0.25) is 9.69 Å². The number of carboxylic acids is 1. The quantitative estimate of drug-likeness (QED) is 0.663. The van der Waals surface area contributed by atoms with Gasteiger partial charge in [-0.1, -0.05) is 20.3 Å². The van der Waals surface area contributed by atoms with Gasteiger partial charge in [0.25, 0.3) is 0 Å². The summed E-state index contributed by atoms with van der Waals surface area (Å²) in [5.41, 5.74) is 5.13. The highest BCUT2D eigenvalue weighted by Crippen LogP contribution is 2.39. The highest BCUT2D eigenvalue weighted by Gasteiger charge is 2.49. The van der Waals surface area contributed by atoms with Gasteiger partial charge < -0.3 is 10.8 Å². The minimum absolute atomic E-state index is 0.170. The second-order valence-corrected chi connectivity index (χ2v) is 5.70. The van der Waals surface area contributed by atoms with Crippen molar-refractivity contribution in [3.63, 3.8) is 0 Å². The fraction of sp³-hybridized carbons (Fsp3) is 0.929. The Labute approximate surface area is 111 Å². The number of aliphatic carboxylic acids is 1. The molecule has 0 aliphatic heterocycles. The van der Waals surface area contributed by atoms with E-state index in [2.05, 4.69) is 25.7 Å². The van der Waals surface area contributed by atoms with Gasteiger partial charge in [-0.25, -0.2) is 0 Å². The lowest BCUT2D eigenvalue weighted by Gasteiger charge is -2.36. The molecule has 1 saturated carbocycles. The van der Waals surface area contributed by atoms with Crippen LogP contribution in [0.3, 0.4) is 0 Å². The molecule has 2 unspecified atom stereocenters. The lowest BCUT2D eigenvalue weighted by atomic mass is 9.93. The van der Waals surface area contributed by atoms with Gasteiger partial charge in [-0.05, 0) is 45.1 Å². The summed E-state index contributed by atoms with van der Waals surface area (Å²) in [5, 5.41) is 9.42. The van der Waals surface area contributed by atoms with Crippen molar-refractivity contribution < 1.29 is 9.90 Å². The molecule has 0 heterocycles. The van der Waals surface area contributed by atoms with Crippen molar-refractivity contribution in [1.82, 2.24) is 4.90 Å². The molecule has 0 bridgehead atoms. The van der Waals surface area contributed by atoms with Gasteiger partial charge >= 0.3 is 5.97 Å². The van der Waals surface area contributed by atoms with Crippen molar-refractivity contribution in [2.75, 3.05) is 13.1 Å². The lowest BCUT2D eigenvalue weighted by molar-refractivity contribution is -0.145. The van der Waals surface area contributed by atoms with E-state index >= 15 is 0 Å². The third kappa shape index (κ3) is 3.69. The first-order valence-corrected chi connectivity index (χ1v) is 7.22. The van der Waals surface area contributed by atoms with Crippen LogP contribution in [0.15, 0.2) is 0 Å². The fourth-order valence-corrected chi connectivity index (χ4v) is 2.38. The van der Waals surface area contributed by atoms with E-state index in [1.807, 2.05) is 0 Å². The van der Waals surface area contributed by atoms with Crippen LogP contribution in [0.1, 0.15) is 52.9 Å². The van der Waals surface area contributed by atoms with E-state index in [1.165, 1.54) is 0 Å². The number of unbranched alkanes of at least 4 members (excludes halogenated alkanes) is 1. The summed E-state index contributed by atoms with van der Waals surface area (Å²) in [6, 6.07) is 0.401. The molecule has 1 aliphatic rings. The highest BCUT2D eigenvalue weighted by atomic mass is 16.4. The molecule has 1 rings (SSSR count). The van der Waals surface area contributed by atoms with Crippen molar-refractivity contribution in [2.24, 2.45) is 11.7 Å². The molecule has 4 heteroatoms. The van der Waals surface area contributed by atoms with Crippen LogP contribution < -0.4 is 5.73 Å². The lowest BCUT2D eigenvalue weighted by Crippen LogP contribution is -2.59. The van der Waals surface area contributed by atoms with Gasteiger partial charge in [-0.2, -0.15) is 0 Å². The van der Waals surface area contributed by atoms with E-state index in [0.717, 1.165) is 38.6 Å². The molecule has 3 N–H and O–H groups in total. The summed E-state index contributed by atoms with van der Waals surface area (Å²) in [4.78, 5) is 13.7. The number of hydrogen-bond acceptors (Lipinski definition) is 3. The molecule has 0 aromatic rings. The van der Waals surface area contributed by atoms with E-state index in [9.17, 15) is 9.90 Å². The third-order valence-electron chi connectivity index (χ3n) is 4.18. The highest BCUT2D eigenvalue weighted by molar-refractivity contribution is 5.79. The maximum Gasteiger partial charge on any atom is 0.325 e. The Morgan fingerprint density at radius 2 is 2.11 bits per heavy atom. The van der Waals surface area contributed by atoms with E-state index in [1.54, 1.807) is 0 Å².